The smallest absolute Gasteiger partial charge is 0.230 e. The molecule has 0 amide bonds. The third-order valence-corrected chi connectivity index (χ3v) is 3.68. The van der Waals surface area contributed by atoms with Crippen LogP contribution in [0.3, 0.4) is 0 Å². The molecule has 2 N–H and O–H groups in total. The lowest BCUT2D eigenvalue weighted by Gasteiger charge is -2.12. The molecule has 1 aliphatic carbocycles. The molecule has 2 aromatic heterocycles. The molecule has 2 atom stereocenters. The number of hydrogen-bond acceptors (Lipinski definition) is 5. The average molecular weight is 247 g/mol. The Bertz CT molecular complexity index is 532. The first-order chi connectivity index (χ1) is 8.78. The van der Waals surface area contributed by atoms with Crippen molar-refractivity contribution in [1.29, 1.82) is 0 Å². The van der Waals surface area contributed by atoms with E-state index in [4.69, 9.17) is 10.3 Å². The summed E-state index contributed by atoms with van der Waals surface area (Å²) in [7, 11) is 1.87. The van der Waals surface area contributed by atoms with Gasteiger partial charge in [0.15, 0.2) is 0 Å². The molecule has 6 heteroatoms. The molecule has 0 aromatic carbocycles. The maximum atomic E-state index is 5.78. The van der Waals surface area contributed by atoms with Gasteiger partial charge in [0.25, 0.3) is 0 Å². The monoisotopic (exact) mass is 247 g/mol. The van der Waals surface area contributed by atoms with Crippen molar-refractivity contribution in [3.8, 4) is 11.4 Å². The van der Waals surface area contributed by atoms with Gasteiger partial charge in [-0.05, 0) is 25.3 Å². The zero-order valence-electron chi connectivity index (χ0n) is 10.4. The Labute approximate surface area is 105 Å². The van der Waals surface area contributed by atoms with Gasteiger partial charge in [-0.25, -0.2) is 0 Å². The van der Waals surface area contributed by atoms with Crippen LogP contribution < -0.4 is 5.73 Å². The lowest BCUT2D eigenvalue weighted by Crippen LogP contribution is -2.17. The van der Waals surface area contributed by atoms with Gasteiger partial charge >= 0.3 is 0 Å². The minimum absolute atomic E-state index is 0.327. The van der Waals surface area contributed by atoms with E-state index in [9.17, 15) is 0 Å². The van der Waals surface area contributed by atoms with Crippen molar-refractivity contribution in [2.24, 2.45) is 18.7 Å². The molecule has 2 unspecified atom stereocenters. The molecule has 3 rings (SSSR count). The summed E-state index contributed by atoms with van der Waals surface area (Å²) in [6, 6.07) is 0. The summed E-state index contributed by atoms with van der Waals surface area (Å²) in [5.41, 5.74) is 6.66. The average Bonchev–Trinajstić information content (AvgIpc) is 3.07. The van der Waals surface area contributed by atoms with Crippen molar-refractivity contribution in [3.05, 3.63) is 18.3 Å². The van der Waals surface area contributed by atoms with E-state index in [1.54, 1.807) is 10.9 Å². The second kappa shape index (κ2) is 4.53. The number of nitrogens with two attached hydrogens (primary N) is 1. The van der Waals surface area contributed by atoms with Gasteiger partial charge in [-0.15, -0.1) is 0 Å². The predicted molar refractivity (Wildman–Crippen MR) is 65.6 cm³/mol. The van der Waals surface area contributed by atoms with Crippen molar-refractivity contribution < 1.29 is 4.52 Å². The second-order valence-electron chi connectivity index (χ2n) is 4.89. The Hall–Kier alpha value is -1.69. The van der Waals surface area contributed by atoms with E-state index < -0.39 is 0 Å². The van der Waals surface area contributed by atoms with Crippen LogP contribution in [0.25, 0.3) is 11.4 Å². The highest BCUT2D eigenvalue weighted by molar-refractivity contribution is 5.51. The van der Waals surface area contributed by atoms with Crippen LogP contribution in [0.4, 0.5) is 0 Å². The third-order valence-electron chi connectivity index (χ3n) is 3.68. The van der Waals surface area contributed by atoms with E-state index in [0.717, 1.165) is 24.3 Å². The van der Waals surface area contributed by atoms with Crippen molar-refractivity contribution in [3.63, 3.8) is 0 Å². The molecule has 0 radical (unpaired) electrons. The van der Waals surface area contributed by atoms with Gasteiger partial charge in [0.1, 0.15) is 0 Å². The normalized spacial score (nSPS) is 23.7. The molecule has 1 fully saturated rings. The Kier molecular flexibility index (Phi) is 2.87. The molecule has 18 heavy (non-hydrogen) atoms. The standard InChI is InChI=1S/C12H17N5O/c1-17-7-9(6-14-17)11-15-12(18-16-11)10-4-2-3-8(10)5-13/h6-8,10H,2-5,13H2,1H3. The summed E-state index contributed by atoms with van der Waals surface area (Å²) in [5, 5.41) is 8.14. The molecule has 0 aliphatic heterocycles. The van der Waals surface area contributed by atoms with Crippen LogP contribution in [-0.4, -0.2) is 26.5 Å². The summed E-state index contributed by atoms with van der Waals surface area (Å²) >= 11 is 0. The van der Waals surface area contributed by atoms with E-state index in [1.165, 1.54) is 6.42 Å². The van der Waals surface area contributed by atoms with Crippen molar-refractivity contribution >= 4 is 0 Å². The number of aryl methyl sites for hydroxylation is 1. The number of hydrogen-bond donors (Lipinski definition) is 1. The zero-order valence-corrected chi connectivity index (χ0v) is 10.4. The maximum Gasteiger partial charge on any atom is 0.230 e. The van der Waals surface area contributed by atoms with Crippen molar-refractivity contribution in [2.45, 2.75) is 25.2 Å². The van der Waals surface area contributed by atoms with E-state index in [2.05, 4.69) is 15.2 Å². The van der Waals surface area contributed by atoms with E-state index in [0.29, 0.717) is 24.2 Å². The summed E-state index contributed by atoms with van der Waals surface area (Å²) in [4.78, 5) is 4.49. The Morgan fingerprint density at radius 1 is 1.50 bits per heavy atom. The molecule has 0 saturated heterocycles. The van der Waals surface area contributed by atoms with Gasteiger partial charge in [-0.2, -0.15) is 10.1 Å². The molecule has 6 nitrogen and oxygen atoms in total. The largest absolute Gasteiger partial charge is 0.339 e. The van der Waals surface area contributed by atoms with Gasteiger partial charge in [-0.3, -0.25) is 4.68 Å². The minimum Gasteiger partial charge on any atom is -0.339 e. The van der Waals surface area contributed by atoms with E-state index in [-0.39, 0.29) is 0 Å². The first kappa shape index (κ1) is 11.4. The molecule has 2 heterocycles. The number of rotatable bonds is 3. The highest BCUT2D eigenvalue weighted by atomic mass is 16.5. The molecule has 96 valence electrons. The summed E-state index contributed by atoms with van der Waals surface area (Å²) < 4.78 is 7.12. The Balaban J connectivity index is 1.85. The lowest BCUT2D eigenvalue weighted by molar-refractivity contribution is 0.326. The van der Waals surface area contributed by atoms with E-state index in [1.807, 2.05) is 13.2 Å². The third kappa shape index (κ3) is 1.92. The van der Waals surface area contributed by atoms with Gasteiger partial charge in [0, 0.05) is 19.2 Å². The quantitative estimate of drug-likeness (QED) is 0.884. The van der Waals surface area contributed by atoms with Crippen LogP contribution in [0.1, 0.15) is 31.1 Å². The Morgan fingerprint density at radius 3 is 3.11 bits per heavy atom. The SMILES string of the molecule is Cn1cc(-c2noc(C3CCCC3CN)n2)cn1. The highest BCUT2D eigenvalue weighted by Crippen LogP contribution is 2.38. The molecule has 1 saturated carbocycles. The molecule has 0 bridgehead atoms. The minimum atomic E-state index is 0.327. The topological polar surface area (TPSA) is 82.8 Å². The zero-order chi connectivity index (χ0) is 12.5. The van der Waals surface area contributed by atoms with Crippen molar-refractivity contribution in [1.82, 2.24) is 19.9 Å². The maximum absolute atomic E-state index is 5.78. The predicted octanol–water partition coefficient (Wildman–Crippen LogP) is 1.31. The lowest BCUT2D eigenvalue weighted by atomic mass is 9.96. The van der Waals surface area contributed by atoms with Crippen LogP contribution in [0, 0.1) is 5.92 Å². The van der Waals surface area contributed by atoms with Crippen LogP contribution in [0.15, 0.2) is 16.9 Å². The fraction of sp³-hybridized carbons (Fsp3) is 0.583. The molecular weight excluding hydrogens is 230 g/mol. The summed E-state index contributed by atoms with van der Waals surface area (Å²) in [5.74, 6) is 2.14. The van der Waals surface area contributed by atoms with E-state index >= 15 is 0 Å². The fourth-order valence-electron chi connectivity index (χ4n) is 2.68. The van der Waals surface area contributed by atoms with Crippen LogP contribution in [-0.2, 0) is 7.05 Å². The molecule has 1 aliphatic rings. The molecule has 0 spiro atoms. The highest BCUT2D eigenvalue weighted by Gasteiger charge is 2.32. The van der Waals surface area contributed by atoms with Crippen LogP contribution in [0.5, 0.6) is 0 Å². The summed E-state index contributed by atoms with van der Waals surface area (Å²) in [6.07, 6.45) is 7.06. The van der Waals surface area contributed by atoms with Gasteiger partial charge in [0.2, 0.25) is 11.7 Å². The summed E-state index contributed by atoms with van der Waals surface area (Å²) in [6.45, 7) is 0.690. The fourth-order valence-corrected chi connectivity index (χ4v) is 2.68. The molecule has 2 aromatic rings. The number of nitrogens with zero attached hydrogens (tertiary/aromatic N) is 4. The van der Waals surface area contributed by atoms with Gasteiger partial charge in [0.05, 0.1) is 11.8 Å². The van der Waals surface area contributed by atoms with Gasteiger partial charge < -0.3 is 10.3 Å². The Morgan fingerprint density at radius 2 is 2.39 bits per heavy atom. The van der Waals surface area contributed by atoms with Crippen molar-refractivity contribution in [2.75, 3.05) is 6.54 Å². The van der Waals surface area contributed by atoms with Crippen LogP contribution in [0.2, 0.25) is 0 Å². The van der Waals surface area contributed by atoms with Crippen LogP contribution >= 0.6 is 0 Å². The molecular formula is C12H17N5O. The first-order valence-electron chi connectivity index (χ1n) is 6.30. The van der Waals surface area contributed by atoms with Gasteiger partial charge in [-0.1, -0.05) is 11.6 Å². The second-order valence-corrected chi connectivity index (χ2v) is 4.89. The first-order valence-corrected chi connectivity index (χ1v) is 6.30. The number of aromatic nitrogens is 4.